The van der Waals surface area contributed by atoms with E-state index in [0.717, 1.165) is 19.8 Å². The second-order valence-electron chi connectivity index (χ2n) is 5.72. The Kier molecular flexibility index (Phi) is 20.4. The normalized spacial score (nSPS) is 11.5. The van der Waals surface area contributed by atoms with E-state index < -0.39 is 38.8 Å². The lowest BCUT2D eigenvalue weighted by molar-refractivity contribution is -0.183. The van der Waals surface area contributed by atoms with Gasteiger partial charge in [-0.25, -0.2) is 9.13 Å². The second-order valence-corrected chi connectivity index (χ2v) is 7.78. The van der Waals surface area contributed by atoms with Crippen molar-refractivity contribution in [3.05, 3.63) is 12.7 Å². The van der Waals surface area contributed by atoms with Crippen LogP contribution >= 0.6 is 15.6 Å². The van der Waals surface area contributed by atoms with Crippen molar-refractivity contribution in [3.8, 4) is 0 Å². The Bertz CT molecular complexity index is 553. The number of unbranched alkanes of at least 4 members (excludes halogenated alkanes) is 2. The number of ketones is 2. The molecule has 10 N–H and O–H groups in total. The molecule has 0 aliphatic carbocycles. The first kappa shape index (κ1) is 36.5. The Morgan fingerprint density at radius 2 is 1.10 bits per heavy atom. The molecule has 0 aromatic carbocycles. The summed E-state index contributed by atoms with van der Waals surface area (Å²) in [6.07, 6.45) is 3.92. The maximum absolute atomic E-state index is 10.6. The van der Waals surface area contributed by atoms with Gasteiger partial charge in [0.05, 0.1) is 0 Å². The molecule has 0 atom stereocenters. The van der Waals surface area contributed by atoms with Crippen LogP contribution in [0.1, 0.15) is 52.9 Å². The van der Waals surface area contributed by atoms with Gasteiger partial charge in [0.2, 0.25) is 11.6 Å². The van der Waals surface area contributed by atoms with E-state index in [1.54, 1.807) is 0 Å². The zero-order valence-electron chi connectivity index (χ0n) is 16.8. The molecule has 0 radical (unpaired) electrons. The molecule has 0 spiro atoms. The summed E-state index contributed by atoms with van der Waals surface area (Å²) in [4.78, 5) is 64.0. The van der Waals surface area contributed by atoms with E-state index in [4.69, 9.17) is 58.9 Å². The number of Topliss-reactive ketones (excluding diaryl/α,β-unsaturated/α-hetero) is 2. The van der Waals surface area contributed by atoms with E-state index >= 15 is 0 Å². The van der Waals surface area contributed by atoms with E-state index in [1.807, 2.05) is 6.92 Å². The van der Waals surface area contributed by atoms with Crippen LogP contribution in [0.5, 0.6) is 0 Å². The van der Waals surface area contributed by atoms with Gasteiger partial charge >= 0.3 is 15.6 Å². The standard InChI is InChI=1S/C8H16O3.C6H10O3.2H3O4P/c1-3-4-5-6-8(10,11)7(2)9;1-3-4-6(8,9)5(2)7;2*1-5(2,3)4/h10-11H,3-6H2,1-2H3;3,8-9H,1,4H2,2H3;2*(H3,1,2,3,4). The highest BCUT2D eigenvalue weighted by molar-refractivity contribution is 7.45. The van der Waals surface area contributed by atoms with Gasteiger partial charge in [0.15, 0.2) is 11.6 Å². The fourth-order valence-electron chi connectivity index (χ4n) is 1.14. The van der Waals surface area contributed by atoms with E-state index in [-0.39, 0.29) is 12.8 Å². The van der Waals surface area contributed by atoms with Crippen molar-refractivity contribution in [2.45, 2.75) is 64.4 Å². The van der Waals surface area contributed by atoms with Crippen molar-refractivity contribution in [2.75, 3.05) is 0 Å². The summed E-state index contributed by atoms with van der Waals surface area (Å²) in [7, 11) is -9.28. The first-order chi connectivity index (χ1) is 13.0. The van der Waals surface area contributed by atoms with Crippen LogP contribution in [0.4, 0.5) is 0 Å². The van der Waals surface area contributed by atoms with E-state index in [0.29, 0.717) is 6.42 Å². The predicted octanol–water partition coefficient (Wildman–Crippen LogP) is -1.19. The third kappa shape index (κ3) is 41.5. The maximum atomic E-state index is 10.6. The molecular weight excluding hydrogens is 454 g/mol. The summed E-state index contributed by atoms with van der Waals surface area (Å²) >= 11 is 0. The van der Waals surface area contributed by atoms with Crippen LogP contribution in [-0.4, -0.2) is 72.9 Å². The van der Waals surface area contributed by atoms with Gasteiger partial charge in [0.1, 0.15) is 0 Å². The molecule has 0 aromatic heterocycles. The molecule has 0 rings (SSSR count). The Hall–Kier alpha value is -0.860. The molecule has 182 valence electrons. The number of phosphoric acid groups is 2. The van der Waals surface area contributed by atoms with Crippen LogP contribution in [0.25, 0.3) is 0 Å². The lowest BCUT2D eigenvalue weighted by Gasteiger charge is -2.17. The van der Waals surface area contributed by atoms with Gasteiger partial charge in [0, 0.05) is 26.7 Å². The third-order valence-corrected chi connectivity index (χ3v) is 2.69. The smallest absolute Gasteiger partial charge is 0.360 e. The fraction of sp³-hybridized carbons (Fsp3) is 0.714. The Morgan fingerprint density at radius 3 is 1.27 bits per heavy atom. The van der Waals surface area contributed by atoms with Crippen molar-refractivity contribution >= 4 is 27.2 Å². The predicted molar refractivity (Wildman–Crippen MR) is 103 cm³/mol. The number of rotatable bonds is 8. The quantitative estimate of drug-likeness (QED) is 0.0836. The zero-order chi connectivity index (χ0) is 25.4. The SMILES string of the molecule is C=CCC(O)(O)C(C)=O.CCCCCC(O)(O)C(C)=O.O=P(O)(O)O.O=P(O)(O)O. The molecule has 14 nitrogen and oxygen atoms in total. The van der Waals surface area contributed by atoms with Gasteiger partial charge in [-0.2, -0.15) is 0 Å². The van der Waals surface area contributed by atoms with Gasteiger partial charge in [-0.15, -0.1) is 6.58 Å². The largest absolute Gasteiger partial charge is 0.466 e. The molecular formula is C14H32O14P2. The molecule has 0 heterocycles. The van der Waals surface area contributed by atoms with Crippen LogP contribution in [0.15, 0.2) is 12.7 Å². The summed E-state index contributed by atoms with van der Waals surface area (Å²) < 4.78 is 17.8. The molecule has 0 fully saturated rings. The number of hydrogen-bond acceptors (Lipinski definition) is 8. The molecule has 0 saturated carbocycles. The average Bonchev–Trinajstić information content (AvgIpc) is 2.44. The highest BCUT2D eigenvalue weighted by atomic mass is 31.2. The van der Waals surface area contributed by atoms with Crippen LogP contribution in [0.2, 0.25) is 0 Å². The number of aliphatic hydroxyl groups is 4. The van der Waals surface area contributed by atoms with Gasteiger partial charge in [-0.1, -0.05) is 25.8 Å². The van der Waals surface area contributed by atoms with Gasteiger partial charge in [-0.05, 0) is 6.42 Å². The highest BCUT2D eigenvalue weighted by Crippen LogP contribution is 2.26. The molecule has 0 aromatic rings. The summed E-state index contributed by atoms with van der Waals surface area (Å²) in [5.74, 6) is -5.53. The molecule has 0 aliphatic rings. The number of carbonyl (C=O) groups is 2. The third-order valence-electron chi connectivity index (χ3n) is 2.69. The van der Waals surface area contributed by atoms with Crippen LogP contribution < -0.4 is 0 Å². The summed E-state index contributed by atoms with van der Waals surface area (Å²) in [6, 6.07) is 0. The second kappa shape index (κ2) is 16.8. The van der Waals surface area contributed by atoms with Crippen molar-refractivity contribution < 1.29 is 68.5 Å². The van der Waals surface area contributed by atoms with Gasteiger partial charge < -0.3 is 49.8 Å². The van der Waals surface area contributed by atoms with Crippen LogP contribution in [0, 0.1) is 0 Å². The summed E-state index contributed by atoms with van der Waals surface area (Å²) in [5.41, 5.74) is 0. The molecule has 0 amide bonds. The minimum absolute atomic E-state index is 0.123. The molecule has 16 heteroatoms. The Balaban J connectivity index is -0.000000160. The van der Waals surface area contributed by atoms with Gasteiger partial charge in [0.25, 0.3) is 0 Å². The maximum Gasteiger partial charge on any atom is 0.466 e. The first-order valence-corrected chi connectivity index (χ1v) is 11.2. The number of carbonyl (C=O) groups excluding carboxylic acids is 2. The molecule has 30 heavy (non-hydrogen) atoms. The van der Waals surface area contributed by atoms with Crippen molar-refractivity contribution in [1.29, 1.82) is 0 Å². The molecule has 0 bridgehead atoms. The fourth-order valence-corrected chi connectivity index (χ4v) is 1.14. The van der Waals surface area contributed by atoms with Crippen molar-refractivity contribution in [1.82, 2.24) is 0 Å². The van der Waals surface area contributed by atoms with Crippen LogP contribution in [-0.2, 0) is 18.7 Å². The molecule has 0 unspecified atom stereocenters. The molecule has 0 saturated heterocycles. The molecule has 0 aliphatic heterocycles. The van der Waals surface area contributed by atoms with E-state index in [9.17, 15) is 9.59 Å². The summed E-state index contributed by atoms with van der Waals surface area (Å²) in [5, 5.41) is 35.5. The average molecular weight is 486 g/mol. The Morgan fingerprint density at radius 1 is 0.800 bits per heavy atom. The van der Waals surface area contributed by atoms with Crippen molar-refractivity contribution in [3.63, 3.8) is 0 Å². The van der Waals surface area contributed by atoms with E-state index in [1.165, 1.54) is 13.0 Å². The lowest BCUT2D eigenvalue weighted by Crippen LogP contribution is -2.36. The minimum Gasteiger partial charge on any atom is -0.360 e. The Labute approximate surface area is 173 Å². The summed E-state index contributed by atoms with van der Waals surface area (Å²) in [6.45, 7) is 7.58. The van der Waals surface area contributed by atoms with Gasteiger partial charge in [-0.3, -0.25) is 9.59 Å². The lowest BCUT2D eigenvalue weighted by atomic mass is 10.0. The topological polar surface area (TPSA) is 271 Å². The monoisotopic (exact) mass is 486 g/mol. The first-order valence-electron chi connectivity index (χ1n) is 8.10. The van der Waals surface area contributed by atoms with E-state index in [2.05, 4.69) is 6.58 Å². The van der Waals surface area contributed by atoms with Crippen molar-refractivity contribution in [2.24, 2.45) is 0 Å². The van der Waals surface area contributed by atoms with Crippen LogP contribution in [0.3, 0.4) is 0 Å². The minimum atomic E-state index is -4.64. The highest BCUT2D eigenvalue weighted by Gasteiger charge is 2.28. The zero-order valence-corrected chi connectivity index (χ0v) is 18.6. The number of hydrogen-bond donors (Lipinski definition) is 10.